The summed E-state index contributed by atoms with van der Waals surface area (Å²) in [4.78, 5) is 34.7. The van der Waals surface area contributed by atoms with Crippen LogP contribution >= 0.6 is 0 Å². The Bertz CT molecular complexity index is 285. The van der Waals surface area contributed by atoms with Gasteiger partial charge in [0.05, 0.1) is 13.2 Å². The number of isocyanates is 1. The predicted molar refractivity (Wildman–Crippen MR) is 60.8 cm³/mol. The van der Waals surface area contributed by atoms with E-state index in [0.29, 0.717) is 25.8 Å². The average Bonchev–Trinajstić information content (AvgIpc) is 2.29. The Kier molecular flexibility index (Phi) is 9.76. The van der Waals surface area contributed by atoms with Crippen LogP contribution in [0.3, 0.4) is 0 Å². The average molecular weight is 242 g/mol. The van der Waals surface area contributed by atoms with Crippen molar-refractivity contribution in [2.24, 2.45) is 10.7 Å². The smallest absolute Gasteiger partial charge is 0.305 e. The molecule has 0 saturated heterocycles. The predicted octanol–water partition coefficient (Wildman–Crippen LogP) is 0.691. The normalized spacial score (nSPS) is 9.41. The van der Waals surface area contributed by atoms with Crippen LogP contribution in [-0.4, -0.2) is 31.1 Å². The molecule has 0 aromatic rings. The minimum Gasteiger partial charge on any atom is -0.466 e. The van der Waals surface area contributed by atoms with Crippen molar-refractivity contribution in [2.45, 2.75) is 38.5 Å². The summed E-state index contributed by atoms with van der Waals surface area (Å²) >= 11 is 0. The van der Waals surface area contributed by atoms with Gasteiger partial charge in [-0.25, -0.2) is 9.79 Å². The number of rotatable bonds is 10. The molecule has 6 nitrogen and oxygen atoms in total. The molecule has 0 radical (unpaired) electrons. The van der Waals surface area contributed by atoms with Gasteiger partial charge in [0.2, 0.25) is 12.0 Å². The lowest BCUT2D eigenvalue weighted by molar-refractivity contribution is -0.144. The highest BCUT2D eigenvalue weighted by Gasteiger charge is 2.02. The van der Waals surface area contributed by atoms with Crippen LogP contribution in [0.4, 0.5) is 0 Å². The molecule has 0 atom stereocenters. The largest absolute Gasteiger partial charge is 0.466 e. The van der Waals surface area contributed by atoms with Crippen molar-refractivity contribution < 1.29 is 19.1 Å². The lowest BCUT2D eigenvalue weighted by Crippen LogP contribution is -2.12. The highest BCUT2D eigenvalue weighted by atomic mass is 16.5. The number of unbranched alkanes of at least 4 members (excludes halogenated alkanes) is 2. The fraction of sp³-hybridized carbons (Fsp3) is 0.727. The van der Waals surface area contributed by atoms with E-state index in [0.717, 1.165) is 12.8 Å². The number of ether oxygens (including phenoxy) is 1. The van der Waals surface area contributed by atoms with Crippen molar-refractivity contribution in [3.05, 3.63) is 0 Å². The molecule has 0 spiro atoms. The third-order valence-electron chi connectivity index (χ3n) is 2.05. The number of primary amides is 1. The molecular weight excluding hydrogens is 224 g/mol. The molecule has 0 bridgehead atoms. The third-order valence-corrected chi connectivity index (χ3v) is 2.05. The van der Waals surface area contributed by atoms with Crippen LogP contribution in [0.15, 0.2) is 4.99 Å². The quantitative estimate of drug-likeness (QED) is 0.264. The zero-order valence-electron chi connectivity index (χ0n) is 9.81. The number of carbonyl (C=O) groups is 2. The van der Waals surface area contributed by atoms with Crippen molar-refractivity contribution in [2.75, 3.05) is 13.2 Å². The zero-order chi connectivity index (χ0) is 12.9. The van der Waals surface area contributed by atoms with Gasteiger partial charge in [-0.3, -0.25) is 9.59 Å². The Morgan fingerprint density at radius 3 is 2.53 bits per heavy atom. The molecule has 0 aliphatic heterocycles. The van der Waals surface area contributed by atoms with E-state index in [1.165, 1.54) is 6.08 Å². The van der Waals surface area contributed by atoms with E-state index < -0.39 is 5.91 Å². The van der Waals surface area contributed by atoms with E-state index in [1.807, 2.05) is 0 Å². The molecule has 2 N–H and O–H groups in total. The van der Waals surface area contributed by atoms with Gasteiger partial charge in [0.25, 0.3) is 0 Å². The number of hydrogen-bond donors (Lipinski definition) is 1. The van der Waals surface area contributed by atoms with Gasteiger partial charge in [0.1, 0.15) is 0 Å². The van der Waals surface area contributed by atoms with E-state index in [2.05, 4.69) is 4.99 Å². The van der Waals surface area contributed by atoms with Crippen molar-refractivity contribution in [1.82, 2.24) is 0 Å². The van der Waals surface area contributed by atoms with E-state index in [1.54, 1.807) is 0 Å². The molecule has 96 valence electrons. The van der Waals surface area contributed by atoms with Crippen LogP contribution in [0.2, 0.25) is 0 Å². The van der Waals surface area contributed by atoms with Crippen LogP contribution in [0.25, 0.3) is 0 Å². The van der Waals surface area contributed by atoms with Gasteiger partial charge in [0, 0.05) is 12.8 Å². The summed E-state index contributed by atoms with van der Waals surface area (Å²) in [7, 11) is 0. The Morgan fingerprint density at radius 2 is 1.88 bits per heavy atom. The van der Waals surface area contributed by atoms with Gasteiger partial charge in [-0.15, -0.1) is 0 Å². The maximum absolute atomic E-state index is 11.2. The topological polar surface area (TPSA) is 98.8 Å². The summed E-state index contributed by atoms with van der Waals surface area (Å²) in [5.74, 6) is -0.662. The fourth-order valence-electron chi connectivity index (χ4n) is 1.19. The molecule has 0 aromatic carbocycles. The number of carbonyl (C=O) groups excluding carboxylic acids is 3. The number of hydrogen-bond acceptors (Lipinski definition) is 5. The molecule has 0 saturated carbocycles. The molecular formula is C11H18N2O4. The molecule has 17 heavy (non-hydrogen) atoms. The summed E-state index contributed by atoms with van der Waals surface area (Å²) in [5.41, 5.74) is 4.93. The first-order valence-electron chi connectivity index (χ1n) is 5.64. The van der Waals surface area contributed by atoms with Gasteiger partial charge in [-0.2, -0.15) is 0 Å². The molecule has 6 heteroatoms. The third kappa shape index (κ3) is 12.3. The van der Waals surface area contributed by atoms with E-state index in [9.17, 15) is 14.4 Å². The maximum atomic E-state index is 11.2. The lowest BCUT2D eigenvalue weighted by atomic mass is 10.2. The van der Waals surface area contributed by atoms with E-state index in [4.69, 9.17) is 10.5 Å². The monoisotopic (exact) mass is 242 g/mol. The first-order valence-corrected chi connectivity index (χ1v) is 5.64. The second-order valence-electron chi connectivity index (χ2n) is 3.57. The molecule has 0 aliphatic carbocycles. The molecule has 0 aromatic heterocycles. The number of amides is 1. The van der Waals surface area contributed by atoms with E-state index >= 15 is 0 Å². The van der Waals surface area contributed by atoms with Crippen LogP contribution in [0, 0.1) is 0 Å². The summed E-state index contributed by atoms with van der Waals surface area (Å²) in [6.07, 6.45) is 4.81. The van der Waals surface area contributed by atoms with Gasteiger partial charge in [-0.1, -0.05) is 6.42 Å². The first kappa shape index (κ1) is 15.3. The van der Waals surface area contributed by atoms with Crippen LogP contribution in [0.5, 0.6) is 0 Å². The molecule has 0 fully saturated rings. The Balaban J connectivity index is 3.28. The van der Waals surface area contributed by atoms with Gasteiger partial charge >= 0.3 is 5.97 Å². The minimum atomic E-state index is -0.392. The molecule has 0 unspecified atom stereocenters. The summed E-state index contributed by atoms with van der Waals surface area (Å²) in [6.45, 7) is 0.689. The second kappa shape index (κ2) is 10.8. The summed E-state index contributed by atoms with van der Waals surface area (Å²) < 4.78 is 4.89. The summed E-state index contributed by atoms with van der Waals surface area (Å²) in [5, 5.41) is 0. The second-order valence-corrected chi connectivity index (χ2v) is 3.57. The van der Waals surface area contributed by atoms with Gasteiger partial charge < -0.3 is 10.5 Å². The molecule has 0 aliphatic rings. The Hall–Kier alpha value is -1.68. The number of nitrogens with two attached hydrogens (primary N) is 1. The van der Waals surface area contributed by atoms with Crippen LogP contribution < -0.4 is 5.73 Å². The van der Waals surface area contributed by atoms with Crippen molar-refractivity contribution in [3.8, 4) is 0 Å². The van der Waals surface area contributed by atoms with Crippen molar-refractivity contribution >= 4 is 18.0 Å². The van der Waals surface area contributed by atoms with Crippen LogP contribution in [0.1, 0.15) is 38.5 Å². The standard InChI is InChI=1S/C11H18N2O4/c12-10(15)5-4-8-17-11(16)6-2-1-3-7-13-9-14/h1-8H2,(H2,12,15). The minimum absolute atomic E-state index is 0.233. The highest BCUT2D eigenvalue weighted by molar-refractivity contribution is 5.73. The van der Waals surface area contributed by atoms with E-state index in [-0.39, 0.29) is 19.0 Å². The lowest BCUT2D eigenvalue weighted by Gasteiger charge is -2.03. The summed E-state index contributed by atoms with van der Waals surface area (Å²) in [6, 6.07) is 0. The van der Waals surface area contributed by atoms with Gasteiger partial charge in [-0.05, 0) is 19.3 Å². The zero-order valence-corrected chi connectivity index (χ0v) is 9.81. The van der Waals surface area contributed by atoms with Gasteiger partial charge in [0.15, 0.2) is 0 Å². The first-order chi connectivity index (χ1) is 8.16. The number of esters is 1. The SMILES string of the molecule is NC(=O)CCCOC(=O)CCCCCN=C=O. The molecule has 1 amide bonds. The highest BCUT2D eigenvalue weighted by Crippen LogP contribution is 2.02. The fourth-order valence-corrected chi connectivity index (χ4v) is 1.19. The van der Waals surface area contributed by atoms with Crippen molar-refractivity contribution in [3.63, 3.8) is 0 Å². The van der Waals surface area contributed by atoms with Crippen molar-refractivity contribution in [1.29, 1.82) is 0 Å². The number of nitrogens with zero attached hydrogens (tertiary/aromatic N) is 1. The number of aliphatic imine (C=N–C) groups is 1. The van der Waals surface area contributed by atoms with Crippen LogP contribution in [-0.2, 0) is 19.1 Å². The Morgan fingerprint density at radius 1 is 1.12 bits per heavy atom. The Labute approximate surface area is 100 Å². The maximum Gasteiger partial charge on any atom is 0.305 e. The molecule has 0 heterocycles. The molecule has 0 rings (SSSR count).